The zero-order chi connectivity index (χ0) is 15.8. The zero-order valence-corrected chi connectivity index (χ0v) is 12.9. The van der Waals surface area contributed by atoms with Gasteiger partial charge in [0.2, 0.25) is 0 Å². The van der Waals surface area contributed by atoms with Crippen molar-refractivity contribution in [2.45, 2.75) is 18.9 Å². The van der Waals surface area contributed by atoms with E-state index in [4.69, 9.17) is 0 Å². The summed E-state index contributed by atoms with van der Waals surface area (Å²) in [5, 5.41) is 3.88. The standard InChI is InChI=1S/C17H20N4O2/c22-16(13-3-4-15-12(10-13)5-6-18-15)20-8-1-2-14(11-20)21-9-7-19-17(21)23/h3-6,10,14,18H,1-2,7-9,11H2,(H,19,23). The number of piperidine rings is 1. The summed E-state index contributed by atoms with van der Waals surface area (Å²) in [6, 6.07) is 7.84. The number of nitrogens with zero attached hydrogens (tertiary/aromatic N) is 2. The third-order valence-corrected chi connectivity index (χ3v) is 4.81. The fourth-order valence-electron chi connectivity index (χ4n) is 3.60. The molecule has 2 N–H and O–H groups in total. The molecule has 4 rings (SSSR count). The quantitative estimate of drug-likeness (QED) is 0.888. The highest BCUT2D eigenvalue weighted by molar-refractivity contribution is 5.98. The third-order valence-electron chi connectivity index (χ3n) is 4.81. The van der Waals surface area contributed by atoms with Crippen molar-refractivity contribution in [3.8, 4) is 0 Å². The third kappa shape index (κ3) is 2.54. The Balaban J connectivity index is 1.52. The first-order valence-corrected chi connectivity index (χ1v) is 8.13. The van der Waals surface area contributed by atoms with Gasteiger partial charge in [-0.2, -0.15) is 0 Å². The SMILES string of the molecule is O=C(c1ccc2[nH]ccc2c1)N1CCCC(N2CCNC2=O)C1. The van der Waals surface area contributed by atoms with Gasteiger partial charge < -0.3 is 20.1 Å². The van der Waals surface area contributed by atoms with Crippen LogP contribution in [0.5, 0.6) is 0 Å². The largest absolute Gasteiger partial charge is 0.361 e. The molecular weight excluding hydrogens is 292 g/mol. The van der Waals surface area contributed by atoms with Crippen LogP contribution in [0.15, 0.2) is 30.5 Å². The second-order valence-electron chi connectivity index (χ2n) is 6.25. The summed E-state index contributed by atoms with van der Waals surface area (Å²) >= 11 is 0. The fourth-order valence-corrected chi connectivity index (χ4v) is 3.60. The number of hydrogen-bond acceptors (Lipinski definition) is 2. The number of benzene rings is 1. The zero-order valence-electron chi connectivity index (χ0n) is 12.9. The van der Waals surface area contributed by atoms with Crippen LogP contribution in [-0.2, 0) is 0 Å². The second kappa shape index (κ2) is 5.61. The first-order valence-electron chi connectivity index (χ1n) is 8.13. The molecule has 2 fully saturated rings. The highest BCUT2D eigenvalue weighted by atomic mass is 16.2. The van der Waals surface area contributed by atoms with E-state index in [1.54, 1.807) is 0 Å². The molecule has 0 spiro atoms. The second-order valence-corrected chi connectivity index (χ2v) is 6.25. The van der Waals surface area contributed by atoms with E-state index in [-0.39, 0.29) is 18.0 Å². The van der Waals surface area contributed by atoms with Gasteiger partial charge in [0.25, 0.3) is 5.91 Å². The van der Waals surface area contributed by atoms with Crippen LogP contribution >= 0.6 is 0 Å². The fraction of sp³-hybridized carbons (Fsp3) is 0.412. The lowest BCUT2D eigenvalue weighted by molar-refractivity contribution is 0.0634. The van der Waals surface area contributed by atoms with Gasteiger partial charge in [-0.1, -0.05) is 0 Å². The Hall–Kier alpha value is -2.50. The van der Waals surface area contributed by atoms with Crippen LogP contribution in [0.4, 0.5) is 4.79 Å². The number of urea groups is 1. The number of aromatic nitrogens is 1. The van der Waals surface area contributed by atoms with E-state index >= 15 is 0 Å². The molecule has 3 amide bonds. The molecule has 1 aromatic heterocycles. The van der Waals surface area contributed by atoms with Crippen LogP contribution in [0.25, 0.3) is 10.9 Å². The first kappa shape index (κ1) is 14.1. The summed E-state index contributed by atoms with van der Waals surface area (Å²) in [6.07, 6.45) is 3.78. The molecule has 0 saturated carbocycles. The smallest absolute Gasteiger partial charge is 0.317 e. The number of hydrogen-bond donors (Lipinski definition) is 2. The van der Waals surface area contributed by atoms with E-state index < -0.39 is 0 Å². The molecule has 0 aliphatic carbocycles. The Labute approximate surface area is 134 Å². The van der Waals surface area contributed by atoms with E-state index in [0.29, 0.717) is 18.7 Å². The first-order chi connectivity index (χ1) is 11.2. The minimum absolute atomic E-state index is 0.00181. The van der Waals surface area contributed by atoms with E-state index in [0.717, 1.165) is 36.8 Å². The molecule has 1 atom stereocenters. The van der Waals surface area contributed by atoms with E-state index in [1.165, 1.54) is 0 Å². The van der Waals surface area contributed by atoms with Crippen molar-refractivity contribution >= 4 is 22.8 Å². The maximum absolute atomic E-state index is 12.8. The molecule has 2 aromatic rings. The summed E-state index contributed by atoms with van der Waals surface area (Å²) in [5.74, 6) is 0.0532. The maximum Gasteiger partial charge on any atom is 0.317 e. The van der Waals surface area contributed by atoms with Gasteiger partial charge in [0.1, 0.15) is 0 Å². The van der Waals surface area contributed by atoms with Gasteiger partial charge in [-0.15, -0.1) is 0 Å². The van der Waals surface area contributed by atoms with Crippen molar-refractivity contribution in [2.75, 3.05) is 26.2 Å². The Morgan fingerprint density at radius 2 is 2.13 bits per heavy atom. The predicted octanol–water partition coefficient (Wildman–Crippen LogP) is 1.80. The van der Waals surface area contributed by atoms with Crippen molar-refractivity contribution in [2.24, 2.45) is 0 Å². The van der Waals surface area contributed by atoms with E-state index in [2.05, 4.69) is 10.3 Å². The van der Waals surface area contributed by atoms with Crippen LogP contribution in [0.2, 0.25) is 0 Å². The molecule has 2 aliphatic heterocycles. The van der Waals surface area contributed by atoms with Crippen LogP contribution in [0.3, 0.4) is 0 Å². The summed E-state index contributed by atoms with van der Waals surface area (Å²) in [4.78, 5) is 31.5. The summed E-state index contributed by atoms with van der Waals surface area (Å²) < 4.78 is 0. The van der Waals surface area contributed by atoms with Crippen molar-refractivity contribution in [1.82, 2.24) is 20.1 Å². The van der Waals surface area contributed by atoms with Crippen molar-refractivity contribution < 1.29 is 9.59 Å². The minimum Gasteiger partial charge on any atom is -0.361 e. The lowest BCUT2D eigenvalue weighted by Gasteiger charge is -2.37. The number of H-pyrrole nitrogens is 1. The van der Waals surface area contributed by atoms with E-state index in [9.17, 15) is 9.59 Å². The normalized spacial score (nSPS) is 21.7. The average Bonchev–Trinajstić information content (AvgIpc) is 3.22. The Morgan fingerprint density at radius 1 is 1.22 bits per heavy atom. The van der Waals surface area contributed by atoms with Crippen LogP contribution in [0.1, 0.15) is 23.2 Å². The Bertz CT molecular complexity index is 754. The lowest BCUT2D eigenvalue weighted by atomic mass is 10.0. The molecule has 1 aromatic carbocycles. The molecular formula is C17H20N4O2. The molecule has 0 radical (unpaired) electrons. The van der Waals surface area contributed by atoms with Crippen LogP contribution in [0, 0.1) is 0 Å². The summed E-state index contributed by atoms with van der Waals surface area (Å²) in [5.41, 5.74) is 1.75. The highest BCUT2D eigenvalue weighted by Gasteiger charge is 2.33. The monoisotopic (exact) mass is 312 g/mol. The average molecular weight is 312 g/mol. The number of amides is 3. The van der Waals surface area contributed by atoms with Gasteiger partial charge in [-0.25, -0.2) is 4.79 Å². The number of aromatic amines is 1. The molecule has 0 bridgehead atoms. The van der Waals surface area contributed by atoms with Crippen molar-refractivity contribution in [3.63, 3.8) is 0 Å². The molecule has 2 aliphatic rings. The predicted molar refractivity (Wildman–Crippen MR) is 87.3 cm³/mol. The van der Waals surface area contributed by atoms with E-state index in [1.807, 2.05) is 40.3 Å². The summed E-state index contributed by atoms with van der Waals surface area (Å²) in [7, 11) is 0. The molecule has 120 valence electrons. The molecule has 1 unspecified atom stereocenters. The number of rotatable bonds is 2. The molecule has 6 heteroatoms. The van der Waals surface area contributed by atoms with Gasteiger partial charge in [-0.3, -0.25) is 4.79 Å². The number of likely N-dealkylation sites (tertiary alicyclic amines) is 1. The summed E-state index contributed by atoms with van der Waals surface area (Å²) in [6.45, 7) is 2.82. The maximum atomic E-state index is 12.8. The van der Waals surface area contributed by atoms with Crippen molar-refractivity contribution in [3.05, 3.63) is 36.0 Å². The molecule has 23 heavy (non-hydrogen) atoms. The van der Waals surface area contributed by atoms with Crippen molar-refractivity contribution in [1.29, 1.82) is 0 Å². The van der Waals surface area contributed by atoms with Gasteiger partial charge >= 0.3 is 6.03 Å². The van der Waals surface area contributed by atoms with Gasteiger partial charge in [-0.05, 0) is 37.1 Å². The van der Waals surface area contributed by atoms with Crippen LogP contribution < -0.4 is 5.32 Å². The minimum atomic E-state index is -0.00181. The number of fused-ring (bicyclic) bond motifs is 1. The Kier molecular flexibility index (Phi) is 3.44. The number of carbonyl (C=O) groups is 2. The van der Waals surface area contributed by atoms with Gasteiger partial charge in [0.05, 0.1) is 6.04 Å². The van der Waals surface area contributed by atoms with Gasteiger partial charge in [0.15, 0.2) is 0 Å². The van der Waals surface area contributed by atoms with Gasteiger partial charge in [0, 0.05) is 48.8 Å². The lowest BCUT2D eigenvalue weighted by Crippen LogP contribution is -2.50. The topological polar surface area (TPSA) is 68.4 Å². The number of nitrogens with one attached hydrogen (secondary N) is 2. The molecule has 2 saturated heterocycles. The van der Waals surface area contributed by atoms with Crippen LogP contribution in [-0.4, -0.2) is 58.9 Å². The number of carbonyl (C=O) groups excluding carboxylic acids is 2. The highest BCUT2D eigenvalue weighted by Crippen LogP contribution is 2.21. The molecule has 6 nitrogen and oxygen atoms in total. The Morgan fingerprint density at radius 3 is 2.96 bits per heavy atom. The molecule has 3 heterocycles.